The van der Waals surface area contributed by atoms with Gasteiger partial charge in [0, 0.05) is 33.5 Å². The van der Waals surface area contributed by atoms with Crippen LogP contribution in [0.2, 0.25) is 0 Å². The smallest absolute Gasteiger partial charge is 0.223 e. The van der Waals surface area contributed by atoms with Crippen molar-refractivity contribution in [2.45, 2.75) is 19.8 Å². The first-order chi connectivity index (χ1) is 9.10. The van der Waals surface area contributed by atoms with Gasteiger partial charge >= 0.3 is 0 Å². The van der Waals surface area contributed by atoms with Gasteiger partial charge in [-0.25, -0.2) is 4.98 Å². The van der Waals surface area contributed by atoms with Crippen LogP contribution >= 0.6 is 0 Å². The Labute approximate surface area is 112 Å². The van der Waals surface area contributed by atoms with E-state index >= 15 is 0 Å². The molecule has 0 saturated carbocycles. The van der Waals surface area contributed by atoms with Gasteiger partial charge in [0.2, 0.25) is 5.91 Å². The van der Waals surface area contributed by atoms with E-state index in [0.29, 0.717) is 25.4 Å². The minimum atomic E-state index is 0.0841. The van der Waals surface area contributed by atoms with Crippen LogP contribution in [0.1, 0.15) is 17.9 Å². The number of hydrogen-bond acceptors (Lipinski definition) is 4. The zero-order valence-electron chi connectivity index (χ0n) is 11.3. The molecule has 1 heterocycles. The molecule has 0 saturated heterocycles. The highest BCUT2D eigenvalue weighted by molar-refractivity contribution is 5.76. The molecule has 5 nitrogen and oxygen atoms in total. The van der Waals surface area contributed by atoms with Crippen LogP contribution < -0.4 is 5.73 Å². The van der Waals surface area contributed by atoms with Crippen molar-refractivity contribution in [1.29, 1.82) is 0 Å². The predicted octanol–water partition coefficient (Wildman–Crippen LogP) is 1.49. The highest BCUT2D eigenvalue weighted by atomic mass is 16.3. The number of rotatable bonds is 5. The lowest BCUT2D eigenvalue weighted by atomic mass is 10.1. The summed E-state index contributed by atoms with van der Waals surface area (Å²) in [6.45, 7) is 2.91. The SMILES string of the molecule is Cc1nc2cc(CCN(C)C(=O)CCN)ccc2o1. The molecule has 102 valence electrons. The fourth-order valence-electron chi connectivity index (χ4n) is 1.98. The quantitative estimate of drug-likeness (QED) is 0.885. The number of carbonyl (C=O) groups is 1. The van der Waals surface area contributed by atoms with Gasteiger partial charge in [-0.05, 0) is 24.1 Å². The number of likely N-dealkylation sites (N-methyl/N-ethyl adjacent to an activating group) is 1. The molecule has 19 heavy (non-hydrogen) atoms. The molecule has 0 atom stereocenters. The summed E-state index contributed by atoms with van der Waals surface area (Å²) in [5.74, 6) is 0.753. The summed E-state index contributed by atoms with van der Waals surface area (Å²) < 4.78 is 5.43. The number of carbonyl (C=O) groups excluding carboxylic acids is 1. The molecule has 5 heteroatoms. The Morgan fingerprint density at radius 2 is 2.26 bits per heavy atom. The number of aromatic nitrogens is 1. The van der Waals surface area contributed by atoms with Crippen LogP contribution in [0, 0.1) is 6.92 Å². The molecule has 1 amide bonds. The van der Waals surface area contributed by atoms with Gasteiger partial charge in [0.15, 0.2) is 11.5 Å². The fourth-order valence-corrected chi connectivity index (χ4v) is 1.98. The van der Waals surface area contributed by atoms with Crippen molar-refractivity contribution >= 4 is 17.0 Å². The van der Waals surface area contributed by atoms with E-state index in [4.69, 9.17) is 10.2 Å². The molecule has 0 radical (unpaired) electrons. The Balaban J connectivity index is 1.99. The highest BCUT2D eigenvalue weighted by Gasteiger charge is 2.08. The van der Waals surface area contributed by atoms with Crippen LogP contribution in [0.4, 0.5) is 0 Å². The number of benzene rings is 1. The summed E-state index contributed by atoms with van der Waals surface area (Å²) in [7, 11) is 1.80. The van der Waals surface area contributed by atoms with Crippen LogP contribution in [0.25, 0.3) is 11.1 Å². The van der Waals surface area contributed by atoms with Crippen molar-refractivity contribution in [3.8, 4) is 0 Å². The van der Waals surface area contributed by atoms with E-state index in [1.165, 1.54) is 0 Å². The standard InChI is InChI=1S/C14H19N3O2/c1-10-16-12-9-11(3-4-13(12)19-10)6-8-17(2)14(18)5-7-15/h3-4,9H,5-8,15H2,1-2H3. The molecule has 0 aliphatic heterocycles. The minimum absolute atomic E-state index is 0.0841. The molecule has 2 N–H and O–H groups in total. The molecule has 0 fully saturated rings. The monoisotopic (exact) mass is 261 g/mol. The van der Waals surface area contributed by atoms with E-state index in [2.05, 4.69) is 4.98 Å². The van der Waals surface area contributed by atoms with E-state index in [-0.39, 0.29) is 5.91 Å². The van der Waals surface area contributed by atoms with E-state index in [9.17, 15) is 4.79 Å². The molecule has 0 unspecified atom stereocenters. The van der Waals surface area contributed by atoms with Gasteiger partial charge < -0.3 is 15.1 Å². The minimum Gasteiger partial charge on any atom is -0.441 e. The molecule has 1 aromatic carbocycles. The summed E-state index contributed by atoms with van der Waals surface area (Å²) in [5, 5.41) is 0. The molecule has 2 aromatic rings. The lowest BCUT2D eigenvalue weighted by molar-refractivity contribution is -0.129. The Kier molecular flexibility index (Phi) is 4.16. The van der Waals surface area contributed by atoms with Crippen molar-refractivity contribution in [2.24, 2.45) is 5.73 Å². The Hall–Kier alpha value is -1.88. The maximum absolute atomic E-state index is 11.6. The molecule has 0 aliphatic carbocycles. The van der Waals surface area contributed by atoms with Crippen molar-refractivity contribution in [1.82, 2.24) is 9.88 Å². The normalized spacial score (nSPS) is 10.9. The third-order valence-electron chi connectivity index (χ3n) is 3.08. The van der Waals surface area contributed by atoms with Crippen LogP contribution in [0.3, 0.4) is 0 Å². The lowest BCUT2D eigenvalue weighted by Crippen LogP contribution is -2.30. The van der Waals surface area contributed by atoms with Crippen LogP contribution in [0.15, 0.2) is 22.6 Å². The van der Waals surface area contributed by atoms with Crippen molar-refractivity contribution in [3.05, 3.63) is 29.7 Å². The largest absolute Gasteiger partial charge is 0.441 e. The zero-order valence-corrected chi connectivity index (χ0v) is 11.3. The molecular formula is C14H19N3O2. The van der Waals surface area contributed by atoms with Crippen molar-refractivity contribution in [3.63, 3.8) is 0 Å². The van der Waals surface area contributed by atoms with Gasteiger partial charge in [0.25, 0.3) is 0 Å². The number of hydrogen-bond donors (Lipinski definition) is 1. The van der Waals surface area contributed by atoms with Gasteiger partial charge in [-0.3, -0.25) is 4.79 Å². The van der Waals surface area contributed by atoms with Crippen LogP contribution in [-0.2, 0) is 11.2 Å². The lowest BCUT2D eigenvalue weighted by Gasteiger charge is -2.16. The summed E-state index contributed by atoms with van der Waals surface area (Å²) in [4.78, 5) is 17.6. The number of oxazole rings is 1. The summed E-state index contributed by atoms with van der Waals surface area (Å²) in [5.41, 5.74) is 8.19. The topological polar surface area (TPSA) is 72.4 Å². The molecule has 2 rings (SSSR count). The van der Waals surface area contributed by atoms with Crippen LogP contribution in [0.5, 0.6) is 0 Å². The summed E-state index contributed by atoms with van der Waals surface area (Å²) >= 11 is 0. The Bertz CT molecular complexity index is 577. The van der Waals surface area contributed by atoms with E-state index < -0.39 is 0 Å². The molecule has 0 spiro atoms. The maximum atomic E-state index is 11.6. The van der Waals surface area contributed by atoms with Crippen molar-refractivity contribution in [2.75, 3.05) is 20.1 Å². The van der Waals surface area contributed by atoms with Gasteiger partial charge in [-0.1, -0.05) is 6.07 Å². The number of amides is 1. The van der Waals surface area contributed by atoms with Gasteiger partial charge in [0.1, 0.15) is 5.52 Å². The summed E-state index contributed by atoms with van der Waals surface area (Å²) in [6, 6.07) is 5.94. The van der Waals surface area contributed by atoms with Crippen molar-refractivity contribution < 1.29 is 9.21 Å². The van der Waals surface area contributed by atoms with E-state index in [1.807, 2.05) is 25.1 Å². The zero-order chi connectivity index (χ0) is 13.8. The third kappa shape index (κ3) is 3.32. The predicted molar refractivity (Wildman–Crippen MR) is 73.8 cm³/mol. The van der Waals surface area contributed by atoms with E-state index in [0.717, 1.165) is 23.1 Å². The molecular weight excluding hydrogens is 242 g/mol. The third-order valence-corrected chi connectivity index (χ3v) is 3.08. The second kappa shape index (κ2) is 5.84. The number of nitrogens with two attached hydrogens (primary N) is 1. The molecule has 0 aliphatic rings. The van der Waals surface area contributed by atoms with Gasteiger partial charge in [-0.2, -0.15) is 0 Å². The number of fused-ring (bicyclic) bond motifs is 1. The highest BCUT2D eigenvalue weighted by Crippen LogP contribution is 2.17. The van der Waals surface area contributed by atoms with Gasteiger partial charge in [-0.15, -0.1) is 0 Å². The average molecular weight is 261 g/mol. The average Bonchev–Trinajstić information content (AvgIpc) is 2.75. The Morgan fingerprint density at radius 1 is 1.47 bits per heavy atom. The van der Waals surface area contributed by atoms with Gasteiger partial charge in [0.05, 0.1) is 0 Å². The molecule has 1 aromatic heterocycles. The van der Waals surface area contributed by atoms with Crippen LogP contribution in [-0.4, -0.2) is 35.9 Å². The number of nitrogens with zero attached hydrogens (tertiary/aromatic N) is 2. The number of aryl methyl sites for hydroxylation is 1. The van der Waals surface area contributed by atoms with E-state index in [1.54, 1.807) is 11.9 Å². The fraction of sp³-hybridized carbons (Fsp3) is 0.429. The first kappa shape index (κ1) is 13.5. The maximum Gasteiger partial charge on any atom is 0.223 e. The first-order valence-electron chi connectivity index (χ1n) is 6.40. The second-order valence-electron chi connectivity index (χ2n) is 4.64. The molecule has 0 bridgehead atoms. The Morgan fingerprint density at radius 3 is 3.00 bits per heavy atom. The first-order valence-corrected chi connectivity index (χ1v) is 6.40. The second-order valence-corrected chi connectivity index (χ2v) is 4.64. The summed E-state index contributed by atoms with van der Waals surface area (Å²) in [6.07, 6.45) is 1.20.